The van der Waals surface area contributed by atoms with E-state index in [1.807, 2.05) is 6.07 Å². The fourth-order valence-electron chi connectivity index (χ4n) is 1.90. The molecular weight excluding hydrogens is 260 g/mol. The first-order valence-corrected chi connectivity index (χ1v) is 6.31. The van der Waals surface area contributed by atoms with Crippen LogP contribution in [0.4, 0.5) is 0 Å². The summed E-state index contributed by atoms with van der Waals surface area (Å²) in [5, 5.41) is 8.82. The third kappa shape index (κ3) is 3.39. The topological polar surface area (TPSA) is 71.8 Å². The number of methoxy groups -OCH3 is 1. The van der Waals surface area contributed by atoms with Crippen molar-refractivity contribution in [3.05, 3.63) is 23.8 Å². The highest BCUT2D eigenvalue weighted by molar-refractivity contribution is 5.78. The lowest BCUT2D eigenvalue weighted by molar-refractivity contribution is -0.137. The second-order valence-electron chi connectivity index (χ2n) is 4.26. The third-order valence-electron chi connectivity index (χ3n) is 3.01. The fourth-order valence-corrected chi connectivity index (χ4v) is 1.90. The van der Waals surface area contributed by atoms with E-state index < -0.39 is 0 Å². The number of amides is 1. The number of ether oxygens (including phenoxy) is 3. The van der Waals surface area contributed by atoms with Crippen molar-refractivity contribution in [1.29, 1.82) is 5.26 Å². The lowest BCUT2D eigenvalue weighted by atomic mass is 10.2. The lowest BCUT2D eigenvalue weighted by Crippen LogP contribution is -2.43. The van der Waals surface area contributed by atoms with E-state index in [0.29, 0.717) is 43.4 Å². The van der Waals surface area contributed by atoms with Gasteiger partial charge in [0.2, 0.25) is 0 Å². The third-order valence-corrected chi connectivity index (χ3v) is 3.01. The van der Waals surface area contributed by atoms with Gasteiger partial charge in [0.05, 0.1) is 32.0 Å². The molecule has 0 N–H and O–H groups in total. The van der Waals surface area contributed by atoms with Gasteiger partial charge in [0.15, 0.2) is 18.1 Å². The van der Waals surface area contributed by atoms with Crippen molar-refractivity contribution in [3.8, 4) is 17.6 Å². The number of hydrogen-bond donors (Lipinski definition) is 0. The van der Waals surface area contributed by atoms with Crippen LogP contribution in [0.25, 0.3) is 0 Å². The van der Waals surface area contributed by atoms with Gasteiger partial charge in [-0.15, -0.1) is 0 Å². The number of hydrogen-bond acceptors (Lipinski definition) is 5. The van der Waals surface area contributed by atoms with Crippen molar-refractivity contribution in [1.82, 2.24) is 4.90 Å². The van der Waals surface area contributed by atoms with Gasteiger partial charge in [0, 0.05) is 19.2 Å². The number of nitrogens with zero attached hydrogens (tertiary/aromatic N) is 2. The molecule has 1 aromatic carbocycles. The molecule has 0 aliphatic carbocycles. The van der Waals surface area contributed by atoms with Crippen molar-refractivity contribution in [2.45, 2.75) is 0 Å². The minimum Gasteiger partial charge on any atom is -0.493 e. The molecule has 0 aromatic heterocycles. The molecule has 0 unspecified atom stereocenters. The smallest absolute Gasteiger partial charge is 0.260 e. The zero-order chi connectivity index (χ0) is 14.4. The van der Waals surface area contributed by atoms with Gasteiger partial charge in [0.1, 0.15) is 0 Å². The molecule has 1 heterocycles. The molecule has 0 spiro atoms. The molecule has 1 aliphatic rings. The summed E-state index contributed by atoms with van der Waals surface area (Å²) in [6, 6.07) is 6.85. The molecule has 6 nitrogen and oxygen atoms in total. The first-order chi connectivity index (χ1) is 9.74. The van der Waals surface area contributed by atoms with Crippen LogP contribution in [0.1, 0.15) is 5.56 Å². The summed E-state index contributed by atoms with van der Waals surface area (Å²) < 4.78 is 15.8. The molecule has 20 heavy (non-hydrogen) atoms. The first-order valence-electron chi connectivity index (χ1n) is 6.31. The first kappa shape index (κ1) is 14.2. The lowest BCUT2D eigenvalue weighted by Gasteiger charge is -2.26. The van der Waals surface area contributed by atoms with Crippen LogP contribution in [0.2, 0.25) is 0 Å². The monoisotopic (exact) mass is 276 g/mol. The Morgan fingerprint density at radius 1 is 1.40 bits per heavy atom. The standard InChI is InChI=1S/C14H16N2O4/c1-18-13-8-11(9-15)2-3-12(13)20-10-14(17)16-4-6-19-7-5-16/h2-3,8H,4-7,10H2,1H3. The molecule has 0 saturated carbocycles. The second-order valence-corrected chi connectivity index (χ2v) is 4.26. The van der Waals surface area contributed by atoms with Gasteiger partial charge in [-0.05, 0) is 12.1 Å². The van der Waals surface area contributed by atoms with Crippen molar-refractivity contribution in [2.24, 2.45) is 0 Å². The maximum absolute atomic E-state index is 11.9. The van der Waals surface area contributed by atoms with Crippen LogP contribution < -0.4 is 9.47 Å². The Balaban J connectivity index is 1.96. The number of morpholine rings is 1. The van der Waals surface area contributed by atoms with E-state index >= 15 is 0 Å². The summed E-state index contributed by atoms with van der Waals surface area (Å²) in [4.78, 5) is 13.7. The van der Waals surface area contributed by atoms with Crippen LogP contribution in [-0.2, 0) is 9.53 Å². The molecule has 1 aromatic rings. The van der Waals surface area contributed by atoms with E-state index in [1.54, 1.807) is 23.1 Å². The Kier molecular flexibility index (Phi) is 4.80. The molecule has 6 heteroatoms. The Morgan fingerprint density at radius 2 is 2.15 bits per heavy atom. The Morgan fingerprint density at radius 3 is 2.80 bits per heavy atom. The molecule has 0 bridgehead atoms. The van der Waals surface area contributed by atoms with Gasteiger partial charge in [-0.3, -0.25) is 4.79 Å². The summed E-state index contributed by atoms with van der Waals surface area (Å²) in [6.07, 6.45) is 0. The Labute approximate surface area is 117 Å². The van der Waals surface area contributed by atoms with E-state index in [-0.39, 0.29) is 12.5 Å². The number of benzene rings is 1. The zero-order valence-electron chi connectivity index (χ0n) is 11.3. The van der Waals surface area contributed by atoms with Crippen LogP contribution in [0.15, 0.2) is 18.2 Å². The Bertz CT molecular complexity index is 518. The number of nitriles is 1. The molecular formula is C14H16N2O4. The minimum absolute atomic E-state index is 0.0533. The van der Waals surface area contributed by atoms with Gasteiger partial charge >= 0.3 is 0 Å². The van der Waals surface area contributed by atoms with Gasteiger partial charge < -0.3 is 19.1 Å². The molecule has 1 saturated heterocycles. The van der Waals surface area contributed by atoms with Crippen molar-refractivity contribution >= 4 is 5.91 Å². The highest BCUT2D eigenvalue weighted by Gasteiger charge is 2.17. The maximum Gasteiger partial charge on any atom is 0.260 e. The van der Waals surface area contributed by atoms with Crippen LogP contribution in [0.3, 0.4) is 0 Å². The van der Waals surface area contributed by atoms with Gasteiger partial charge in [0.25, 0.3) is 5.91 Å². The molecule has 106 valence electrons. The van der Waals surface area contributed by atoms with Crippen molar-refractivity contribution in [3.63, 3.8) is 0 Å². The predicted molar refractivity (Wildman–Crippen MR) is 70.6 cm³/mol. The summed E-state index contributed by atoms with van der Waals surface area (Å²) in [6.45, 7) is 2.25. The highest BCUT2D eigenvalue weighted by Crippen LogP contribution is 2.27. The number of carbonyl (C=O) groups excluding carboxylic acids is 1. The zero-order valence-corrected chi connectivity index (χ0v) is 11.3. The summed E-state index contributed by atoms with van der Waals surface area (Å²) in [7, 11) is 1.49. The van der Waals surface area contributed by atoms with Crippen LogP contribution >= 0.6 is 0 Å². The summed E-state index contributed by atoms with van der Waals surface area (Å²) in [5.41, 5.74) is 0.480. The molecule has 1 fully saturated rings. The van der Waals surface area contributed by atoms with Crippen LogP contribution in [0.5, 0.6) is 11.5 Å². The maximum atomic E-state index is 11.9. The average Bonchev–Trinajstić information content (AvgIpc) is 2.53. The second kappa shape index (κ2) is 6.78. The minimum atomic E-state index is -0.0836. The molecule has 1 aliphatic heterocycles. The summed E-state index contributed by atoms with van der Waals surface area (Å²) >= 11 is 0. The Hall–Kier alpha value is -2.26. The average molecular weight is 276 g/mol. The van der Waals surface area contributed by atoms with Crippen LogP contribution in [-0.4, -0.2) is 50.8 Å². The van der Waals surface area contributed by atoms with E-state index in [2.05, 4.69) is 0 Å². The normalized spacial score (nSPS) is 14.5. The van der Waals surface area contributed by atoms with Gasteiger partial charge in [-0.1, -0.05) is 0 Å². The molecule has 2 rings (SSSR count). The largest absolute Gasteiger partial charge is 0.493 e. The van der Waals surface area contributed by atoms with E-state index in [0.717, 1.165) is 0 Å². The SMILES string of the molecule is COc1cc(C#N)ccc1OCC(=O)N1CCOCC1. The van der Waals surface area contributed by atoms with Crippen molar-refractivity contribution < 1.29 is 19.0 Å². The van der Waals surface area contributed by atoms with E-state index in [1.165, 1.54) is 7.11 Å². The van der Waals surface area contributed by atoms with Gasteiger partial charge in [-0.25, -0.2) is 0 Å². The predicted octanol–water partition coefficient (Wildman–Crippen LogP) is 0.804. The fraction of sp³-hybridized carbons (Fsp3) is 0.429. The number of rotatable bonds is 4. The quantitative estimate of drug-likeness (QED) is 0.813. The number of carbonyl (C=O) groups is 1. The highest BCUT2D eigenvalue weighted by atomic mass is 16.5. The molecule has 1 amide bonds. The van der Waals surface area contributed by atoms with Crippen molar-refractivity contribution in [2.75, 3.05) is 40.0 Å². The molecule has 0 radical (unpaired) electrons. The van der Waals surface area contributed by atoms with E-state index in [9.17, 15) is 4.79 Å². The summed E-state index contributed by atoms with van der Waals surface area (Å²) in [5.74, 6) is 0.812. The van der Waals surface area contributed by atoms with Crippen LogP contribution in [0, 0.1) is 11.3 Å². The van der Waals surface area contributed by atoms with Gasteiger partial charge in [-0.2, -0.15) is 5.26 Å². The van der Waals surface area contributed by atoms with E-state index in [4.69, 9.17) is 19.5 Å². The molecule has 0 atom stereocenters.